The molecular weight excluding hydrogens is 645 g/mol. The molecule has 0 unspecified atom stereocenters. The van der Waals surface area contributed by atoms with Crippen LogP contribution in [0.25, 0.3) is 10.9 Å². The van der Waals surface area contributed by atoms with Gasteiger partial charge in [-0.05, 0) is 90.0 Å². The first-order valence-electron chi connectivity index (χ1n) is 13.9. The van der Waals surface area contributed by atoms with Crippen molar-refractivity contribution in [1.29, 1.82) is 0 Å². The molecule has 6 rings (SSSR count). The van der Waals surface area contributed by atoms with E-state index in [1.807, 2.05) is 24.3 Å². The Morgan fingerprint density at radius 1 is 0.826 bits per heavy atom. The van der Waals surface area contributed by atoms with Crippen molar-refractivity contribution in [2.75, 3.05) is 10.1 Å². The predicted octanol–water partition coefficient (Wildman–Crippen LogP) is 7.43. The summed E-state index contributed by atoms with van der Waals surface area (Å²) in [4.78, 5) is 25.1. The number of phenols is 1. The lowest BCUT2D eigenvalue weighted by molar-refractivity contribution is 0.475. The van der Waals surface area contributed by atoms with Crippen LogP contribution in [0.3, 0.4) is 0 Å². The molecule has 0 spiro atoms. The van der Waals surface area contributed by atoms with Gasteiger partial charge in [0.2, 0.25) is 0 Å². The maximum Gasteiger partial charge on any atom is 0.280 e. The van der Waals surface area contributed by atoms with Crippen LogP contribution in [0.5, 0.6) is 5.75 Å². The molecule has 3 N–H and O–H groups in total. The largest absolute Gasteiger partial charge is 0.508 e. The number of phenolic OH excluding ortho intramolecular Hbond substituents is 1. The first-order chi connectivity index (χ1) is 22.2. The standard InChI is InChI=1S/C34H25Cl2N5O4S/c35-28-8-5-9-29(36)33(28)39-30-10-3-1-6-23(30)20-32-38-31-11-4-2-7-27(31)34(43)41(32)40-46(44,45)26-18-14-24(15-19-26)37-21-22-12-16-25(42)17-13-22/h1-19,21,39-40,42H,20H2. The van der Waals surface area contributed by atoms with Crippen LogP contribution in [-0.4, -0.2) is 29.4 Å². The molecule has 1 heterocycles. The highest BCUT2D eigenvalue weighted by molar-refractivity contribution is 7.92. The third-order valence-electron chi connectivity index (χ3n) is 7.05. The maximum absolute atomic E-state index is 13.7. The summed E-state index contributed by atoms with van der Waals surface area (Å²) < 4.78 is 28.2. The Bertz CT molecular complexity index is 2240. The molecule has 0 saturated heterocycles. The monoisotopic (exact) mass is 669 g/mol. The third-order valence-corrected chi connectivity index (χ3v) is 8.99. The molecule has 0 amide bonds. The number of hydrogen-bond donors (Lipinski definition) is 3. The average Bonchev–Trinajstić information content (AvgIpc) is 3.05. The van der Waals surface area contributed by atoms with Crippen molar-refractivity contribution in [2.24, 2.45) is 4.99 Å². The summed E-state index contributed by atoms with van der Waals surface area (Å²) in [5, 5.41) is 13.8. The Labute approximate surface area is 274 Å². The number of aromatic hydroxyl groups is 1. The molecule has 0 atom stereocenters. The fourth-order valence-electron chi connectivity index (χ4n) is 4.70. The minimum absolute atomic E-state index is 0.0717. The minimum atomic E-state index is -4.24. The lowest BCUT2D eigenvalue weighted by Gasteiger charge is -2.18. The summed E-state index contributed by atoms with van der Waals surface area (Å²) in [6.07, 6.45) is 1.68. The van der Waals surface area contributed by atoms with E-state index >= 15 is 0 Å². The van der Waals surface area contributed by atoms with Gasteiger partial charge in [-0.15, -0.1) is 0 Å². The highest BCUT2D eigenvalue weighted by Crippen LogP contribution is 2.34. The zero-order chi connectivity index (χ0) is 32.3. The van der Waals surface area contributed by atoms with Crippen molar-refractivity contribution in [3.05, 3.63) is 153 Å². The molecule has 9 nitrogen and oxygen atoms in total. The Balaban J connectivity index is 1.33. The third kappa shape index (κ3) is 6.74. The topological polar surface area (TPSA) is 126 Å². The number of halogens is 2. The Kier molecular flexibility index (Phi) is 8.76. The van der Waals surface area contributed by atoms with Gasteiger partial charge in [-0.3, -0.25) is 9.79 Å². The van der Waals surface area contributed by atoms with Crippen LogP contribution in [0, 0.1) is 0 Å². The number of benzene rings is 5. The fourth-order valence-corrected chi connectivity index (χ4v) is 6.22. The second kappa shape index (κ2) is 13.1. The molecule has 230 valence electrons. The molecule has 46 heavy (non-hydrogen) atoms. The second-order valence-electron chi connectivity index (χ2n) is 10.2. The summed E-state index contributed by atoms with van der Waals surface area (Å²) in [7, 11) is -4.24. The van der Waals surface area contributed by atoms with Gasteiger partial charge in [0.15, 0.2) is 0 Å². The molecule has 0 aliphatic heterocycles. The van der Waals surface area contributed by atoms with Crippen molar-refractivity contribution >= 4 is 67.4 Å². The smallest absolute Gasteiger partial charge is 0.280 e. The zero-order valence-electron chi connectivity index (χ0n) is 23.9. The highest BCUT2D eigenvalue weighted by atomic mass is 35.5. The Morgan fingerprint density at radius 3 is 2.24 bits per heavy atom. The van der Waals surface area contributed by atoms with Gasteiger partial charge in [0.25, 0.3) is 15.6 Å². The van der Waals surface area contributed by atoms with Gasteiger partial charge in [-0.25, -0.2) is 9.82 Å². The van der Waals surface area contributed by atoms with E-state index in [0.29, 0.717) is 38.2 Å². The van der Waals surface area contributed by atoms with Crippen molar-refractivity contribution in [2.45, 2.75) is 11.3 Å². The molecule has 6 aromatic rings. The van der Waals surface area contributed by atoms with Gasteiger partial charge in [0.1, 0.15) is 11.6 Å². The van der Waals surface area contributed by atoms with Crippen LogP contribution in [0.1, 0.15) is 17.0 Å². The van der Waals surface area contributed by atoms with E-state index in [0.717, 1.165) is 10.2 Å². The number of anilines is 2. The number of fused-ring (bicyclic) bond motifs is 1. The SMILES string of the molecule is O=c1c2ccccc2nc(Cc2ccccc2Nc2c(Cl)cccc2Cl)n1NS(=O)(=O)c1ccc(N=Cc2ccc(O)cc2)cc1. The van der Waals surface area contributed by atoms with Gasteiger partial charge in [-0.2, -0.15) is 13.1 Å². The quantitative estimate of drug-likeness (QED) is 0.138. The van der Waals surface area contributed by atoms with Crippen molar-refractivity contribution in [3.63, 3.8) is 0 Å². The summed E-state index contributed by atoms with van der Waals surface area (Å²) in [6.45, 7) is 0. The van der Waals surface area contributed by atoms with E-state index in [1.54, 1.807) is 85.1 Å². The minimum Gasteiger partial charge on any atom is -0.508 e. The van der Waals surface area contributed by atoms with Gasteiger partial charge >= 0.3 is 0 Å². The zero-order valence-corrected chi connectivity index (χ0v) is 26.3. The van der Waals surface area contributed by atoms with E-state index in [2.05, 4.69) is 20.1 Å². The number of aromatic nitrogens is 2. The van der Waals surface area contributed by atoms with Gasteiger partial charge < -0.3 is 10.4 Å². The van der Waals surface area contributed by atoms with Crippen LogP contribution >= 0.6 is 23.2 Å². The number of sulfonamides is 1. The normalized spacial score (nSPS) is 11.6. The number of nitrogens with one attached hydrogen (secondary N) is 2. The number of hydrogen-bond acceptors (Lipinski definition) is 7. The molecule has 0 aliphatic rings. The fraction of sp³-hybridized carbons (Fsp3) is 0.0294. The van der Waals surface area contributed by atoms with E-state index in [9.17, 15) is 18.3 Å². The molecule has 0 bridgehead atoms. The van der Waals surface area contributed by atoms with Crippen LogP contribution in [0.4, 0.5) is 17.1 Å². The first kappa shape index (κ1) is 30.8. The van der Waals surface area contributed by atoms with Crippen LogP contribution in [0.2, 0.25) is 10.0 Å². The summed E-state index contributed by atoms with van der Waals surface area (Å²) in [6, 6.07) is 31.6. The van der Waals surface area contributed by atoms with Crippen LogP contribution in [0.15, 0.2) is 130 Å². The molecule has 5 aromatic carbocycles. The van der Waals surface area contributed by atoms with Gasteiger partial charge in [0.05, 0.1) is 37.2 Å². The molecular formula is C34H25Cl2N5O4S. The molecule has 0 saturated carbocycles. The van der Waals surface area contributed by atoms with Gasteiger partial charge in [-0.1, -0.05) is 59.6 Å². The van der Waals surface area contributed by atoms with Crippen molar-refractivity contribution in [1.82, 2.24) is 9.66 Å². The Hall–Kier alpha value is -5.16. The molecule has 12 heteroatoms. The lowest BCUT2D eigenvalue weighted by Crippen LogP contribution is -2.36. The average molecular weight is 671 g/mol. The van der Waals surface area contributed by atoms with Crippen molar-refractivity contribution < 1.29 is 13.5 Å². The lowest BCUT2D eigenvalue weighted by atomic mass is 10.1. The molecule has 0 radical (unpaired) electrons. The summed E-state index contributed by atoms with van der Waals surface area (Å²) in [5.41, 5.74) is 3.01. The van der Waals surface area contributed by atoms with Gasteiger partial charge in [0, 0.05) is 18.3 Å². The second-order valence-corrected chi connectivity index (χ2v) is 12.7. The molecule has 0 aliphatic carbocycles. The maximum atomic E-state index is 13.7. The first-order valence-corrected chi connectivity index (χ1v) is 16.2. The molecule has 0 fully saturated rings. The van der Waals surface area contributed by atoms with E-state index in [1.165, 1.54) is 12.1 Å². The number of aliphatic imine (C=N–C) groups is 1. The predicted molar refractivity (Wildman–Crippen MR) is 183 cm³/mol. The summed E-state index contributed by atoms with van der Waals surface area (Å²) in [5.74, 6) is 0.313. The van der Waals surface area contributed by atoms with Crippen LogP contribution in [-0.2, 0) is 16.4 Å². The van der Waals surface area contributed by atoms with Crippen molar-refractivity contribution in [3.8, 4) is 5.75 Å². The van der Waals surface area contributed by atoms with E-state index in [-0.39, 0.29) is 28.3 Å². The van der Waals surface area contributed by atoms with Crippen LogP contribution < -0.4 is 15.7 Å². The summed E-state index contributed by atoms with van der Waals surface area (Å²) >= 11 is 12.8. The Morgan fingerprint density at radius 2 is 1.50 bits per heavy atom. The number of rotatable bonds is 9. The number of nitrogens with zero attached hydrogens (tertiary/aromatic N) is 3. The highest BCUT2D eigenvalue weighted by Gasteiger charge is 2.20. The molecule has 1 aromatic heterocycles. The van der Waals surface area contributed by atoms with E-state index in [4.69, 9.17) is 23.2 Å². The number of para-hydroxylation sites is 3. The van der Waals surface area contributed by atoms with E-state index < -0.39 is 15.6 Å².